The highest BCUT2D eigenvalue weighted by Gasteiger charge is 2.34. The van der Waals surface area contributed by atoms with Crippen LogP contribution in [0.5, 0.6) is 0 Å². The van der Waals surface area contributed by atoms with E-state index in [1.54, 1.807) is 29.2 Å². The van der Waals surface area contributed by atoms with Crippen LogP contribution in [0.25, 0.3) is 0 Å². The monoisotopic (exact) mass is 686 g/mol. The van der Waals surface area contributed by atoms with Crippen LogP contribution in [0.4, 0.5) is 29.7 Å². The number of ether oxygens (including phenoxy) is 2. The summed E-state index contributed by atoms with van der Waals surface area (Å²) < 4.78 is 39.4. The number of aliphatic hydroxyl groups is 1. The van der Waals surface area contributed by atoms with Crippen molar-refractivity contribution in [2.45, 2.75) is 56.7 Å². The highest BCUT2D eigenvalue weighted by atomic mass is 19.1. The number of nitrogens with one attached hydrogen (secondary N) is 2. The number of likely N-dealkylation sites (tertiary alicyclic amines) is 1. The van der Waals surface area contributed by atoms with E-state index >= 15 is 0 Å². The van der Waals surface area contributed by atoms with Crippen molar-refractivity contribution in [3.8, 4) is 0 Å². The van der Waals surface area contributed by atoms with Crippen LogP contribution in [0.3, 0.4) is 0 Å². The van der Waals surface area contributed by atoms with Crippen molar-refractivity contribution in [1.82, 2.24) is 15.5 Å². The average molecular weight is 687 g/mol. The second-order valence-electron chi connectivity index (χ2n) is 12.7. The molecule has 4 aliphatic rings. The van der Waals surface area contributed by atoms with Gasteiger partial charge in [0.1, 0.15) is 30.4 Å². The fraction of sp³-hybridized carbons (Fsp3) is 0.529. The summed E-state index contributed by atoms with van der Waals surface area (Å²) in [6.45, 7) is 4.77. The van der Waals surface area contributed by atoms with Crippen LogP contribution in [0.15, 0.2) is 36.4 Å². The van der Waals surface area contributed by atoms with Gasteiger partial charge in [-0.15, -0.1) is 0 Å². The molecule has 0 saturated carbocycles. The molecular formula is C34H44F2N6O7. The van der Waals surface area contributed by atoms with Crippen LogP contribution in [-0.2, 0) is 19.1 Å². The SMILES string of the molecule is CC(=O)NC[C@H]1CN(c2ccc(C3CCN(C(=O)CO)CC3)c(F)c2)C(=O)O1.NC[C@H]1CN(c2ccc(C3CCNCC3)c(F)c2)C(=O)O1. The molecule has 266 valence electrons. The summed E-state index contributed by atoms with van der Waals surface area (Å²) in [5, 5.41) is 14.8. The van der Waals surface area contributed by atoms with E-state index in [0.717, 1.165) is 31.5 Å². The Balaban J connectivity index is 0.000000199. The van der Waals surface area contributed by atoms with Gasteiger partial charge in [-0.1, -0.05) is 12.1 Å². The largest absolute Gasteiger partial charge is 0.443 e. The predicted molar refractivity (Wildman–Crippen MR) is 176 cm³/mol. The summed E-state index contributed by atoms with van der Waals surface area (Å²) in [6, 6.07) is 9.70. The number of carbonyl (C=O) groups is 4. The van der Waals surface area contributed by atoms with Gasteiger partial charge in [-0.25, -0.2) is 18.4 Å². The molecule has 0 unspecified atom stereocenters. The number of amides is 4. The van der Waals surface area contributed by atoms with Crippen molar-refractivity contribution in [2.24, 2.45) is 5.73 Å². The van der Waals surface area contributed by atoms with Gasteiger partial charge in [-0.2, -0.15) is 0 Å². The fourth-order valence-electron chi connectivity index (χ4n) is 6.65. The van der Waals surface area contributed by atoms with Crippen molar-refractivity contribution in [2.75, 3.05) is 68.8 Å². The average Bonchev–Trinajstić information content (AvgIpc) is 3.69. The topological polar surface area (TPSA) is 167 Å². The number of anilines is 2. The first-order valence-electron chi connectivity index (χ1n) is 16.7. The quantitative estimate of drug-likeness (QED) is 0.327. The third-order valence-electron chi connectivity index (χ3n) is 9.38. The summed E-state index contributed by atoms with van der Waals surface area (Å²) >= 11 is 0. The number of piperidine rings is 2. The zero-order valence-corrected chi connectivity index (χ0v) is 27.5. The standard InChI is InChI=1S/C19H24FN3O5.C15H20FN3O2/c1-12(25)21-9-15-10-23(19(27)28-15)14-2-3-16(17(20)8-14)13-4-6-22(7-5-13)18(26)11-24;16-14-7-11(19-9-12(8-17)21-15(19)20)1-2-13(14)10-3-5-18-6-4-10/h2-3,8,13,15,24H,4-7,9-11H2,1H3,(H,21,25);1-2,7,10,12,18H,3-6,8-9,17H2/t15-;12-/m00/s1. The molecule has 2 aromatic carbocycles. The van der Waals surface area contributed by atoms with Crippen molar-refractivity contribution in [3.63, 3.8) is 0 Å². The lowest BCUT2D eigenvalue weighted by Gasteiger charge is -2.32. The third-order valence-corrected chi connectivity index (χ3v) is 9.38. The van der Waals surface area contributed by atoms with Gasteiger partial charge in [0.25, 0.3) is 0 Å². The Hall–Kier alpha value is -4.34. The maximum atomic E-state index is 14.7. The van der Waals surface area contributed by atoms with Crippen LogP contribution < -0.4 is 26.2 Å². The van der Waals surface area contributed by atoms with E-state index in [2.05, 4.69) is 10.6 Å². The van der Waals surface area contributed by atoms with E-state index in [-0.39, 0.29) is 55.2 Å². The van der Waals surface area contributed by atoms with Crippen molar-refractivity contribution in [3.05, 3.63) is 59.2 Å². The number of carbonyl (C=O) groups excluding carboxylic acids is 4. The number of nitrogens with zero attached hydrogens (tertiary/aromatic N) is 3. The number of aliphatic hydroxyl groups excluding tert-OH is 1. The lowest BCUT2D eigenvalue weighted by Crippen LogP contribution is -2.39. The van der Waals surface area contributed by atoms with Gasteiger partial charge in [0.15, 0.2) is 0 Å². The highest BCUT2D eigenvalue weighted by Crippen LogP contribution is 2.33. The Morgan fingerprint density at radius 2 is 1.39 bits per heavy atom. The number of benzene rings is 2. The molecule has 49 heavy (non-hydrogen) atoms. The lowest BCUT2D eigenvalue weighted by atomic mass is 9.89. The normalized spacial score (nSPS) is 21.6. The van der Waals surface area contributed by atoms with Gasteiger partial charge in [0.2, 0.25) is 11.8 Å². The highest BCUT2D eigenvalue weighted by molar-refractivity contribution is 5.90. The number of halogens is 2. The van der Waals surface area contributed by atoms with Gasteiger partial charge in [0.05, 0.1) is 31.0 Å². The van der Waals surface area contributed by atoms with Gasteiger partial charge in [-0.3, -0.25) is 19.4 Å². The first-order valence-corrected chi connectivity index (χ1v) is 16.7. The Bertz CT molecular complexity index is 1520. The summed E-state index contributed by atoms with van der Waals surface area (Å²) in [6.07, 6.45) is 1.29. The molecule has 0 bridgehead atoms. The van der Waals surface area contributed by atoms with Crippen LogP contribution in [0, 0.1) is 11.6 Å². The van der Waals surface area contributed by atoms with E-state index in [1.807, 2.05) is 0 Å². The molecule has 2 atom stereocenters. The lowest BCUT2D eigenvalue weighted by molar-refractivity contribution is -0.135. The van der Waals surface area contributed by atoms with Crippen molar-refractivity contribution < 1.29 is 42.5 Å². The van der Waals surface area contributed by atoms with Crippen LogP contribution in [0.2, 0.25) is 0 Å². The maximum absolute atomic E-state index is 14.7. The fourth-order valence-corrected chi connectivity index (χ4v) is 6.65. The molecule has 4 amide bonds. The van der Waals surface area contributed by atoms with Crippen LogP contribution in [0.1, 0.15) is 55.6 Å². The van der Waals surface area contributed by atoms with Gasteiger partial charge < -0.3 is 35.8 Å². The Kier molecular flexibility index (Phi) is 12.0. The summed E-state index contributed by atoms with van der Waals surface area (Å²) in [7, 11) is 0. The maximum Gasteiger partial charge on any atom is 0.414 e. The predicted octanol–water partition coefficient (Wildman–Crippen LogP) is 2.56. The van der Waals surface area contributed by atoms with Gasteiger partial charge in [-0.05, 0) is 86.0 Å². The molecule has 13 nitrogen and oxygen atoms in total. The minimum atomic E-state index is -0.571. The van der Waals surface area contributed by atoms with Crippen molar-refractivity contribution in [1.29, 1.82) is 0 Å². The zero-order chi connectivity index (χ0) is 35.1. The van der Waals surface area contributed by atoms with E-state index in [9.17, 15) is 28.0 Å². The van der Waals surface area contributed by atoms with E-state index in [1.165, 1.54) is 28.9 Å². The number of hydrogen-bond donors (Lipinski definition) is 4. The van der Waals surface area contributed by atoms with Gasteiger partial charge in [0, 0.05) is 26.6 Å². The molecule has 5 N–H and O–H groups in total. The van der Waals surface area contributed by atoms with Crippen LogP contribution >= 0.6 is 0 Å². The molecule has 4 aliphatic heterocycles. The molecule has 15 heteroatoms. The van der Waals surface area contributed by atoms with Crippen LogP contribution in [-0.4, -0.2) is 105 Å². The minimum absolute atomic E-state index is 0.0187. The molecule has 0 aliphatic carbocycles. The smallest absolute Gasteiger partial charge is 0.414 e. The molecule has 4 saturated heterocycles. The first-order chi connectivity index (χ1) is 23.6. The second kappa shape index (κ2) is 16.4. The summed E-state index contributed by atoms with van der Waals surface area (Å²) in [4.78, 5) is 50.7. The van der Waals surface area contributed by atoms with E-state index in [4.69, 9.17) is 20.3 Å². The summed E-state index contributed by atoms with van der Waals surface area (Å²) in [5.41, 5.74) is 7.74. The minimum Gasteiger partial charge on any atom is -0.443 e. The molecule has 6 rings (SSSR count). The molecular weight excluding hydrogens is 642 g/mol. The van der Waals surface area contributed by atoms with E-state index in [0.29, 0.717) is 49.4 Å². The molecule has 4 heterocycles. The summed E-state index contributed by atoms with van der Waals surface area (Å²) in [5.74, 6) is -0.935. The number of rotatable bonds is 8. The molecule has 2 aromatic rings. The van der Waals surface area contributed by atoms with E-state index < -0.39 is 30.7 Å². The zero-order valence-electron chi connectivity index (χ0n) is 27.5. The van der Waals surface area contributed by atoms with Gasteiger partial charge >= 0.3 is 12.2 Å². The second-order valence-corrected chi connectivity index (χ2v) is 12.7. The third kappa shape index (κ3) is 8.83. The Labute approximate surface area is 283 Å². The number of cyclic esters (lactones) is 2. The van der Waals surface area contributed by atoms with Crippen molar-refractivity contribution >= 4 is 35.4 Å². The molecule has 4 fully saturated rings. The molecule has 0 aromatic heterocycles. The Morgan fingerprint density at radius 1 is 0.878 bits per heavy atom. The molecule has 0 spiro atoms. The first kappa shape index (κ1) is 36.0. The number of nitrogens with two attached hydrogens (primary N) is 1. The Morgan fingerprint density at radius 3 is 1.86 bits per heavy atom. The molecule has 0 radical (unpaired) electrons. The number of hydrogen-bond acceptors (Lipinski definition) is 9.